The van der Waals surface area contributed by atoms with Gasteiger partial charge in [-0.25, -0.2) is 0 Å². The first-order valence-electron chi connectivity index (χ1n) is 13.3. The van der Waals surface area contributed by atoms with Crippen molar-refractivity contribution in [3.8, 4) is 0 Å². The lowest BCUT2D eigenvalue weighted by Gasteiger charge is -2.31. The van der Waals surface area contributed by atoms with Crippen LogP contribution in [-0.2, 0) is 32.1 Å². The SMILES string of the molecule is O=C1NC(=O)C(c2cccc3ccoc23)=C1c1cn2c3c(cccc13)CCN(CC(=O)N1CCOCC1)CC2. The molecule has 5 heterocycles. The van der Waals surface area contributed by atoms with Crippen molar-refractivity contribution in [2.45, 2.75) is 13.0 Å². The number of ether oxygens (including phenoxy) is 1. The zero-order chi connectivity index (χ0) is 26.5. The number of aromatic nitrogens is 1. The molecule has 2 aromatic heterocycles. The molecule has 4 aromatic rings. The Balaban J connectivity index is 1.28. The summed E-state index contributed by atoms with van der Waals surface area (Å²) in [6, 6.07) is 13.6. The summed E-state index contributed by atoms with van der Waals surface area (Å²) in [7, 11) is 0. The van der Waals surface area contributed by atoms with Gasteiger partial charge in [-0.2, -0.15) is 0 Å². The standard InChI is InChI=1S/C30H28N4O5/c35-24(33-12-15-38-16-13-33)18-32-9-7-19-3-1-5-21-23(17-34(11-10-32)27(19)21)26-25(29(36)31-30(26)37)22-6-2-4-20-8-14-39-28(20)22/h1-6,8,14,17H,7,9-13,15-16,18H2,(H,31,36,37). The second-order valence-corrected chi connectivity index (χ2v) is 10.2. The van der Waals surface area contributed by atoms with Gasteiger partial charge in [0.25, 0.3) is 11.8 Å². The molecule has 3 aliphatic rings. The first kappa shape index (κ1) is 23.9. The summed E-state index contributed by atoms with van der Waals surface area (Å²) in [5, 5.41) is 4.32. The van der Waals surface area contributed by atoms with Crippen LogP contribution < -0.4 is 5.32 Å². The van der Waals surface area contributed by atoms with Gasteiger partial charge in [-0.05, 0) is 18.1 Å². The third-order valence-electron chi connectivity index (χ3n) is 8.01. The van der Waals surface area contributed by atoms with E-state index >= 15 is 0 Å². The number of morpholine rings is 1. The third kappa shape index (κ3) is 4.05. The van der Waals surface area contributed by atoms with E-state index in [-0.39, 0.29) is 5.91 Å². The quantitative estimate of drug-likeness (QED) is 0.413. The minimum atomic E-state index is -0.423. The van der Waals surface area contributed by atoms with E-state index < -0.39 is 11.8 Å². The summed E-state index contributed by atoms with van der Waals surface area (Å²) in [6.45, 7) is 4.97. The van der Waals surface area contributed by atoms with Crippen LogP contribution in [0.1, 0.15) is 16.7 Å². The van der Waals surface area contributed by atoms with Gasteiger partial charge in [0.15, 0.2) is 0 Å². The summed E-state index contributed by atoms with van der Waals surface area (Å²) in [5.74, 6) is -0.697. The van der Waals surface area contributed by atoms with Gasteiger partial charge in [-0.15, -0.1) is 0 Å². The molecule has 1 fully saturated rings. The van der Waals surface area contributed by atoms with Crippen molar-refractivity contribution in [3.63, 3.8) is 0 Å². The lowest BCUT2D eigenvalue weighted by molar-refractivity contribution is -0.136. The van der Waals surface area contributed by atoms with Gasteiger partial charge < -0.3 is 18.6 Å². The summed E-state index contributed by atoms with van der Waals surface area (Å²) >= 11 is 0. The molecule has 9 nitrogen and oxygen atoms in total. The third-order valence-corrected chi connectivity index (χ3v) is 8.01. The van der Waals surface area contributed by atoms with Crippen LogP contribution >= 0.6 is 0 Å². The van der Waals surface area contributed by atoms with Crippen LogP contribution in [0.25, 0.3) is 33.0 Å². The fourth-order valence-corrected chi connectivity index (χ4v) is 6.08. The van der Waals surface area contributed by atoms with Crippen LogP contribution in [0, 0.1) is 0 Å². The predicted molar refractivity (Wildman–Crippen MR) is 146 cm³/mol. The van der Waals surface area contributed by atoms with Crippen molar-refractivity contribution in [3.05, 3.63) is 71.6 Å². The minimum Gasteiger partial charge on any atom is -0.464 e. The largest absolute Gasteiger partial charge is 0.464 e. The van der Waals surface area contributed by atoms with E-state index in [1.54, 1.807) is 6.26 Å². The van der Waals surface area contributed by atoms with Crippen LogP contribution in [-0.4, -0.2) is 78.0 Å². The molecule has 0 bridgehead atoms. The number of imide groups is 1. The lowest BCUT2D eigenvalue weighted by atomic mass is 9.94. The lowest BCUT2D eigenvalue weighted by Crippen LogP contribution is -2.46. The average Bonchev–Trinajstić information content (AvgIpc) is 3.64. The van der Waals surface area contributed by atoms with Crippen molar-refractivity contribution < 1.29 is 23.5 Å². The molecule has 198 valence electrons. The number of carbonyl (C=O) groups excluding carboxylic acids is 3. The topological polar surface area (TPSA) is 97.0 Å². The van der Waals surface area contributed by atoms with Gasteiger partial charge in [-0.1, -0.05) is 36.4 Å². The maximum Gasteiger partial charge on any atom is 0.259 e. The van der Waals surface area contributed by atoms with Crippen LogP contribution in [0.2, 0.25) is 0 Å². The van der Waals surface area contributed by atoms with E-state index in [4.69, 9.17) is 9.15 Å². The van der Waals surface area contributed by atoms with Gasteiger partial charge in [0.1, 0.15) is 5.58 Å². The number of nitrogens with one attached hydrogen (secondary N) is 1. The minimum absolute atomic E-state index is 0.133. The predicted octanol–water partition coefficient (Wildman–Crippen LogP) is 2.67. The molecule has 1 saturated heterocycles. The molecule has 0 aliphatic carbocycles. The van der Waals surface area contributed by atoms with Gasteiger partial charge >= 0.3 is 0 Å². The Morgan fingerprint density at radius 2 is 1.67 bits per heavy atom. The Labute approximate surface area is 224 Å². The number of carbonyl (C=O) groups is 3. The molecule has 3 aliphatic heterocycles. The maximum atomic E-state index is 13.3. The van der Waals surface area contributed by atoms with Crippen LogP contribution in [0.3, 0.4) is 0 Å². The molecule has 0 unspecified atom stereocenters. The molecule has 2 aromatic carbocycles. The monoisotopic (exact) mass is 524 g/mol. The smallest absolute Gasteiger partial charge is 0.259 e. The zero-order valence-corrected chi connectivity index (χ0v) is 21.4. The zero-order valence-electron chi connectivity index (χ0n) is 21.4. The second-order valence-electron chi connectivity index (χ2n) is 10.2. The first-order valence-corrected chi connectivity index (χ1v) is 13.3. The average molecular weight is 525 g/mol. The van der Waals surface area contributed by atoms with E-state index in [9.17, 15) is 14.4 Å². The molecule has 0 radical (unpaired) electrons. The number of para-hydroxylation sites is 2. The number of amides is 3. The van der Waals surface area contributed by atoms with Crippen molar-refractivity contribution in [1.82, 2.24) is 19.7 Å². The van der Waals surface area contributed by atoms with E-state index in [2.05, 4.69) is 20.9 Å². The molecule has 0 spiro atoms. The Morgan fingerprint density at radius 1 is 0.872 bits per heavy atom. The summed E-state index contributed by atoms with van der Waals surface area (Å²) < 4.78 is 13.3. The molecule has 7 rings (SSSR count). The van der Waals surface area contributed by atoms with Crippen molar-refractivity contribution >= 4 is 50.7 Å². The van der Waals surface area contributed by atoms with Gasteiger partial charge in [0, 0.05) is 60.8 Å². The number of hydrogen-bond acceptors (Lipinski definition) is 6. The van der Waals surface area contributed by atoms with Gasteiger partial charge in [-0.3, -0.25) is 24.6 Å². The van der Waals surface area contributed by atoms with E-state index in [0.29, 0.717) is 68.2 Å². The van der Waals surface area contributed by atoms with Crippen molar-refractivity contribution in [1.29, 1.82) is 0 Å². The molecular weight excluding hydrogens is 496 g/mol. The number of furan rings is 1. The fraction of sp³-hybridized carbons (Fsp3) is 0.300. The van der Waals surface area contributed by atoms with Crippen LogP contribution in [0.15, 0.2) is 59.3 Å². The first-order chi connectivity index (χ1) is 19.1. The fourth-order valence-electron chi connectivity index (χ4n) is 6.08. The van der Waals surface area contributed by atoms with E-state index in [0.717, 1.165) is 40.4 Å². The number of fused-ring (bicyclic) bond motifs is 1. The highest BCUT2D eigenvalue weighted by molar-refractivity contribution is 6.50. The Bertz CT molecular complexity index is 1670. The number of rotatable bonds is 4. The molecule has 3 amide bonds. The highest BCUT2D eigenvalue weighted by atomic mass is 16.5. The van der Waals surface area contributed by atoms with Gasteiger partial charge in [0.05, 0.1) is 42.7 Å². The molecule has 39 heavy (non-hydrogen) atoms. The highest BCUT2D eigenvalue weighted by Gasteiger charge is 2.35. The van der Waals surface area contributed by atoms with E-state index in [1.807, 2.05) is 47.5 Å². The van der Waals surface area contributed by atoms with E-state index in [1.165, 1.54) is 0 Å². The summed E-state index contributed by atoms with van der Waals surface area (Å²) in [6.07, 6.45) is 4.35. The Hall–Kier alpha value is -4.21. The summed E-state index contributed by atoms with van der Waals surface area (Å²) in [4.78, 5) is 43.4. The van der Waals surface area contributed by atoms with Crippen molar-refractivity contribution in [2.24, 2.45) is 0 Å². The highest BCUT2D eigenvalue weighted by Crippen LogP contribution is 2.39. The molecular formula is C30H28N4O5. The molecule has 0 saturated carbocycles. The van der Waals surface area contributed by atoms with Crippen LogP contribution in [0.5, 0.6) is 0 Å². The maximum absolute atomic E-state index is 13.3. The molecule has 0 atom stereocenters. The van der Waals surface area contributed by atoms with Crippen molar-refractivity contribution in [2.75, 3.05) is 45.9 Å². The normalized spacial score (nSPS) is 18.6. The Kier molecular flexibility index (Phi) is 5.82. The molecule has 9 heteroatoms. The molecule has 1 N–H and O–H groups in total. The second kappa shape index (κ2) is 9.52. The Morgan fingerprint density at radius 3 is 2.51 bits per heavy atom. The number of benzene rings is 2. The number of hydrogen-bond donors (Lipinski definition) is 1. The number of nitrogens with zero attached hydrogens (tertiary/aromatic N) is 3. The van der Waals surface area contributed by atoms with Gasteiger partial charge in [0.2, 0.25) is 5.91 Å². The van der Waals surface area contributed by atoms with Crippen LogP contribution in [0.4, 0.5) is 0 Å². The summed E-state index contributed by atoms with van der Waals surface area (Å²) in [5.41, 5.74) is 4.83.